The maximum Gasteiger partial charge on any atom is 0.264 e. The lowest BCUT2D eigenvalue weighted by atomic mass is 10.1. The summed E-state index contributed by atoms with van der Waals surface area (Å²) in [4.78, 5) is 13.8. The van der Waals surface area contributed by atoms with E-state index >= 15 is 0 Å². The highest BCUT2D eigenvalue weighted by atomic mass is 32.2. The van der Waals surface area contributed by atoms with Crippen molar-refractivity contribution < 1.29 is 13.2 Å². The molecule has 7 heteroatoms. The Labute approximate surface area is 175 Å². The SMILES string of the molecule is CSc1ccc(C)c(C(=O)Nc2cccc(S(=O)(=O)N(C)c3ccccc3)c2)c1. The van der Waals surface area contributed by atoms with E-state index in [-0.39, 0.29) is 10.8 Å². The lowest BCUT2D eigenvalue weighted by Crippen LogP contribution is -2.26. The molecule has 0 atom stereocenters. The van der Waals surface area contributed by atoms with E-state index in [1.807, 2.05) is 37.4 Å². The van der Waals surface area contributed by atoms with Gasteiger partial charge in [0.15, 0.2) is 0 Å². The largest absolute Gasteiger partial charge is 0.322 e. The molecule has 1 N–H and O–H groups in total. The Morgan fingerprint density at radius 2 is 1.69 bits per heavy atom. The lowest BCUT2D eigenvalue weighted by Gasteiger charge is -2.20. The number of para-hydroxylation sites is 1. The molecule has 0 spiro atoms. The predicted octanol–water partition coefficient (Wildman–Crippen LogP) is 4.79. The highest BCUT2D eigenvalue weighted by Crippen LogP contribution is 2.25. The molecule has 3 aromatic rings. The Balaban J connectivity index is 1.87. The molecule has 0 saturated heterocycles. The van der Waals surface area contributed by atoms with Crippen LogP contribution in [0.1, 0.15) is 15.9 Å². The Morgan fingerprint density at radius 1 is 0.966 bits per heavy atom. The van der Waals surface area contributed by atoms with Crippen LogP contribution in [-0.4, -0.2) is 27.6 Å². The fraction of sp³-hybridized carbons (Fsp3) is 0.136. The summed E-state index contributed by atoms with van der Waals surface area (Å²) in [6.07, 6.45) is 1.95. The number of carbonyl (C=O) groups excluding carboxylic acids is 1. The number of hydrogen-bond acceptors (Lipinski definition) is 4. The minimum atomic E-state index is -3.76. The van der Waals surface area contributed by atoms with Crippen molar-refractivity contribution in [1.82, 2.24) is 0 Å². The number of aryl methyl sites for hydroxylation is 1. The molecule has 0 aliphatic carbocycles. The summed E-state index contributed by atoms with van der Waals surface area (Å²) < 4.78 is 27.2. The van der Waals surface area contributed by atoms with Gasteiger partial charge in [0.05, 0.1) is 10.6 Å². The van der Waals surface area contributed by atoms with E-state index in [2.05, 4.69) is 5.32 Å². The number of nitrogens with zero attached hydrogens (tertiary/aromatic N) is 1. The lowest BCUT2D eigenvalue weighted by molar-refractivity contribution is 0.102. The topological polar surface area (TPSA) is 66.5 Å². The third-order valence-electron chi connectivity index (χ3n) is 4.56. The smallest absolute Gasteiger partial charge is 0.264 e. The Morgan fingerprint density at radius 3 is 2.38 bits per heavy atom. The standard InChI is InChI=1S/C22H22N2O3S2/c1-16-12-13-19(28-3)15-21(16)22(25)23-17-8-7-11-20(14-17)29(26,27)24(2)18-9-5-4-6-10-18/h4-15H,1-3H3,(H,23,25). The average Bonchev–Trinajstić information content (AvgIpc) is 2.74. The van der Waals surface area contributed by atoms with E-state index in [0.717, 1.165) is 10.5 Å². The van der Waals surface area contributed by atoms with Gasteiger partial charge in [0.1, 0.15) is 0 Å². The van der Waals surface area contributed by atoms with E-state index in [1.54, 1.807) is 48.2 Å². The number of hydrogen-bond donors (Lipinski definition) is 1. The molecular weight excluding hydrogens is 404 g/mol. The fourth-order valence-corrected chi connectivity index (χ4v) is 4.52. The summed E-state index contributed by atoms with van der Waals surface area (Å²) in [7, 11) is -2.25. The van der Waals surface area contributed by atoms with Crippen LogP contribution in [0, 0.1) is 6.92 Å². The van der Waals surface area contributed by atoms with Crippen molar-refractivity contribution in [2.75, 3.05) is 22.9 Å². The van der Waals surface area contributed by atoms with Gasteiger partial charge in [-0.2, -0.15) is 0 Å². The third-order valence-corrected chi connectivity index (χ3v) is 7.07. The zero-order valence-corrected chi connectivity index (χ0v) is 18.0. The Kier molecular flexibility index (Phi) is 6.30. The molecule has 3 aromatic carbocycles. The van der Waals surface area contributed by atoms with Crippen LogP contribution in [0.4, 0.5) is 11.4 Å². The predicted molar refractivity (Wildman–Crippen MR) is 119 cm³/mol. The van der Waals surface area contributed by atoms with Crippen molar-refractivity contribution >= 4 is 39.1 Å². The summed E-state index contributed by atoms with van der Waals surface area (Å²) in [6, 6.07) is 20.8. The van der Waals surface area contributed by atoms with Crippen molar-refractivity contribution in [2.45, 2.75) is 16.7 Å². The van der Waals surface area contributed by atoms with Gasteiger partial charge in [-0.05, 0) is 61.2 Å². The molecule has 0 aromatic heterocycles. The third kappa shape index (κ3) is 4.63. The van der Waals surface area contributed by atoms with Gasteiger partial charge in [-0.3, -0.25) is 9.10 Å². The quantitative estimate of drug-likeness (QED) is 0.575. The minimum Gasteiger partial charge on any atom is -0.322 e. The number of thioether (sulfide) groups is 1. The van der Waals surface area contributed by atoms with Crippen LogP contribution in [0.15, 0.2) is 82.6 Å². The zero-order chi connectivity index (χ0) is 21.0. The van der Waals surface area contributed by atoms with Crippen molar-refractivity contribution in [3.05, 3.63) is 83.9 Å². The molecule has 0 saturated carbocycles. The maximum absolute atomic E-state index is 13.0. The van der Waals surface area contributed by atoms with Crippen LogP contribution < -0.4 is 9.62 Å². The van der Waals surface area contributed by atoms with Gasteiger partial charge in [-0.1, -0.05) is 30.3 Å². The summed E-state index contributed by atoms with van der Waals surface area (Å²) >= 11 is 1.56. The number of sulfonamides is 1. The van der Waals surface area contributed by atoms with Gasteiger partial charge in [0.25, 0.3) is 15.9 Å². The van der Waals surface area contributed by atoms with E-state index < -0.39 is 10.0 Å². The summed E-state index contributed by atoms with van der Waals surface area (Å²) in [5.74, 6) is -0.274. The van der Waals surface area contributed by atoms with Crippen LogP contribution in [0.5, 0.6) is 0 Å². The van der Waals surface area contributed by atoms with Gasteiger partial charge in [0, 0.05) is 23.2 Å². The number of benzene rings is 3. The molecule has 3 rings (SSSR count). The minimum absolute atomic E-state index is 0.108. The molecule has 0 unspecified atom stereocenters. The first-order valence-corrected chi connectivity index (χ1v) is 11.6. The van der Waals surface area contributed by atoms with Crippen LogP contribution >= 0.6 is 11.8 Å². The van der Waals surface area contributed by atoms with E-state index in [9.17, 15) is 13.2 Å². The highest BCUT2D eigenvalue weighted by molar-refractivity contribution is 7.98. The number of nitrogens with one attached hydrogen (secondary N) is 1. The number of anilines is 2. The van der Waals surface area contributed by atoms with Gasteiger partial charge in [0.2, 0.25) is 0 Å². The molecular formula is C22H22N2O3S2. The van der Waals surface area contributed by atoms with Crippen LogP contribution in [0.2, 0.25) is 0 Å². The van der Waals surface area contributed by atoms with Crippen molar-refractivity contribution in [2.24, 2.45) is 0 Å². The van der Waals surface area contributed by atoms with Gasteiger partial charge in [-0.25, -0.2) is 8.42 Å². The molecule has 1 amide bonds. The van der Waals surface area contributed by atoms with E-state index in [0.29, 0.717) is 16.9 Å². The molecule has 5 nitrogen and oxygen atoms in total. The first-order chi connectivity index (χ1) is 13.8. The normalized spacial score (nSPS) is 11.1. The first kappa shape index (κ1) is 21.0. The monoisotopic (exact) mass is 426 g/mol. The maximum atomic E-state index is 13.0. The second kappa shape index (κ2) is 8.71. The van der Waals surface area contributed by atoms with E-state index in [1.165, 1.54) is 23.5 Å². The second-order valence-corrected chi connectivity index (χ2v) is 9.32. The van der Waals surface area contributed by atoms with Gasteiger partial charge in [-0.15, -0.1) is 11.8 Å². The average molecular weight is 427 g/mol. The highest BCUT2D eigenvalue weighted by Gasteiger charge is 2.22. The fourth-order valence-electron chi connectivity index (χ4n) is 2.84. The molecule has 0 fully saturated rings. The molecule has 0 aliphatic rings. The van der Waals surface area contributed by atoms with E-state index in [4.69, 9.17) is 0 Å². The van der Waals surface area contributed by atoms with Crippen molar-refractivity contribution in [1.29, 1.82) is 0 Å². The summed E-state index contributed by atoms with van der Waals surface area (Å²) in [5, 5.41) is 2.81. The molecule has 0 aliphatic heterocycles. The first-order valence-electron chi connectivity index (χ1n) is 8.93. The molecule has 29 heavy (non-hydrogen) atoms. The molecule has 0 radical (unpaired) electrons. The summed E-state index contributed by atoms with van der Waals surface area (Å²) in [6.45, 7) is 1.87. The molecule has 0 bridgehead atoms. The number of amides is 1. The Bertz CT molecular complexity index is 1130. The summed E-state index contributed by atoms with van der Waals surface area (Å²) in [5.41, 5.74) is 2.40. The van der Waals surface area contributed by atoms with Crippen molar-refractivity contribution in [3.63, 3.8) is 0 Å². The zero-order valence-electron chi connectivity index (χ0n) is 16.4. The Hall–Kier alpha value is -2.77. The van der Waals surface area contributed by atoms with Crippen LogP contribution in [-0.2, 0) is 10.0 Å². The van der Waals surface area contributed by atoms with Gasteiger partial charge < -0.3 is 5.32 Å². The number of carbonyl (C=O) groups is 1. The van der Waals surface area contributed by atoms with Crippen LogP contribution in [0.3, 0.4) is 0 Å². The molecule has 150 valence electrons. The van der Waals surface area contributed by atoms with Crippen LogP contribution in [0.25, 0.3) is 0 Å². The number of rotatable bonds is 6. The van der Waals surface area contributed by atoms with Crippen molar-refractivity contribution in [3.8, 4) is 0 Å². The molecule has 0 heterocycles. The second-order valence-electron chi connectivity index (χ2n) is 6.47. The van der Waals surface area contributed by atoms with Gasteiger partial charge >= 0.3 is 0 Å².